The van der Waals surface area contributed by atoms with Crippen molar-refractivity contribution in [2.75, 3.05) is 39.3 Å². The molecular weight excluding hydrogens is 497 g/mol. The Bertz CT molecular complexity index is 1320. The average Bonchev–Trinajstić information content (AvgIpc) is 3.16. The van der Waals surface area contributed by atoms with Gasteiger partial charge in [0.15, 0.2) is 23.1 Å². The number of anilines is 1. The summed E-state index contributed by atoms with van der Waals surface area (Å²) < 4.78 is 30.1. The number of rotatable bonds is 8. The SMILES string of the molecule is COC(=O)CN(C(C)=O)c1cc(C(=O)CN2Cc3cc(OC)c(OC)c(F)c3C2=N)cc(C(C)(C)C)c1O. The molecular formula is C27H32FN3O7. The van der Waals surface area contributed by atoms with Crippen molar-refractivity contribution in [1.82, 2.24) is 4.90 Å². The Morgan fingerprint density at radius 3 is 2.32 bits per heavy atom. The number of methoxy groups -OCH3 is 3. The predicted molar refractivity (Wildman–Crippen MR) is 138 cm³/mol. The lowest BCUT2D eigenvalue weighted by Crippen LogP contribution is -2.35. The van der Waals surface area contributed by atoms with Crippen LogP contribution in [0.25, 0.3) is 0 Å². The lowest BCUT2D eigenvalue weighted by Gasteiger charge is -2.27. The Hall–Kier alpha value is -4.15. The van der Waals surface area contributed by atoms with Gasteiger partial charge in [-0.15, -0.1) is 0 Å². The predicted octanol–water partition coefficient (Wildman–Crippen LogP) is 3.40. The van der Waals surface area contributed by atoms with Crippen molar-refractivity contribution in [2.45, 2.75) is 39.7 Å². The molecule has 0 unspecified atom stereocenters. The van der Waals surface area contributed by atoms with Gasteiger partial charge in [0.25, 0.3) is 0 Å². The maximum atomic E-state index is 15.1. The molecule has 2 aromatic carbocycles. The molecule has 0 saturated heterocycles. The normalized spacial score (nSPS) is 12.7. The van der Waals surface area contributed by atoms with Crippen LogP contribution >= 0.6 is 0 Å². The molecule has 0 aromatic heterocycles. The van der Waals surface area contributed by atoms with Crippen LogP contribution in [0.15, 0.2) is 18.2 Å². The van der Waals surface area contributed by atoms with E-state index >= 15 is 4.39 Å². The zero-order valence-electron chi connectivity index (χ0n) is 22.5. The number of amidine groups is 1. The number of ether oxygens (including phenoxy) is 3. The fourth-order valence-electron chi connectivity index (χ4n) is 4.34. The maximum Gasteiger partial charge on any atom is 0.325 e. The van der Waals surface area contributed by atoms with E-state index < -0.39 is 35.4 Å². The van der Waals surface area contributed by atoms with Crippen LogP contribution in [-0.2, 0) is 26.3 Å². The number of hydrogen-bond acceptors (Lipinski definition) is 8. The molecule has 38 heavy (non-hydrogen) atoms. The van der Waals surface area contributed by atoms with Gasteiger partial charge in [-0.3, -0.25) is 24.7 Å². The molecule has 1 amide bonds. The minimum absolute atomic E-state index is 0.0148. The molecule has 0 radical (unpaired) electrons. The zero-order valence-corrected chi connectivity index (χ0v) is 22.5. The number of carbonyl (C=O) groups is 3. The Morgan fingerprint density at radius 1 is 1.13 bits per heavy atom. The first-order valence-electron chi connectivity index (χ1n) is 11.8. The van der Waals surface area contributed by atoms with Crippen LogP contribution in [0, 0.1) is 11.2 Å². The first-order chi connectivity index (χ1) is 17.7. The molecule has 0 saturated carbocycles. The van der Waals surface area contributed by atoms with Crippen molar-refractivity contribution in [3.05, 3.63) is 46.3 Å². The second-order valence-electron chi connectivity index (χ2n) is 9.91. The summed E-state index contributed by atoms with van der Waals surface area (Å²) in [5, 5.41) is 19.6. The monoisotopic (exact) mass is 529 g/mol. The first kappa shape index (κ1) is 28.4. The second kappa shape index (κ2) is 10.7. The van der Waals surface area contributed by atoms with Crippen molar-refractivity contribution in [1.29, 1.82) is 5.41 Å². The standard InChI is InChI=1S/C27H32FN3O7/c1-14(32)31(13-21(34)37-6)18-9-15(8-17(24(18)35)27(2,3)4)19(33)12-30-11-16-10-20(36-5)25(38-7)23(28)22(16)26(30)29/h8-10,29,35H,11-13H2,1-7H3. The van der Waals surface area contributed by atoms with Gasteiger partial charge in [-0.25, -0.2) is 4.39 Å². The largest absolute Gasteiger partial charge is 0.505 e. The summed E-state index contributed by atoms with van der Waals surface area (Å²) in [6, 6.07) is 4.43. The topological polar surface area (TPSA) is 129 Å². The molecule has 1 aliphatic rings. The van der Waals surface area contributed by atoms with E-state index in [4.69, 9.17) is 14.9 Å². The molecule has 2 N–H and O–H groups in total. The molecule has 0 bridgehead atoms. The Kier molecular flexibility index (Phi) is 7.99. The summed E-state index contributed by atoms with van der Waals surface area (Å²) in [6.07, 6.45) is 0. The van der Waals surface area contributed by atoms with E-state index in [0.29, 0.717) is 11.1 Å². The summed E-state index contributed by atoms with van der Waals surface area (Å²) in [5.41, 5.74) is 0.390. The number of esters is 1. The minimum atomic E-state index is -0.747. The number of amides is 1. The quantitative estimate of drug-likeness (QED) is 0.393. The maximum absolute atomic E-state index is 15.1. The summed E-state index contributed by atoms with van der Waals surface area (Å²) in [5.74, 6) is -2.79. The van der Waals surface area contributed by atoms with Gasteiger partial charge in [0, 0.05) is 24.6 Å². The Morgan fingerprint density at radius 2 is 1.79 bits per heavy atom. The summed E-state index contributed by atoms with van der Waals surface area (Å²) in [4.78, 5) is 40.3. The van der Waals surface area contributed by atoms with E-state index in [1.165, 1.54) is 45.3 Å². The number of aromatic hydroxyl groups is 1. The third kappa shape index (κ3) is 5.27. The van der Waals surface area contributed by atoms with Crippen LogP contribution < -0.4 is 14.4 Å². The summed E-state index contributed by atoms with van der Waals surface area (Å²) in [6.45, 7) is 6.07. The van der Waals surface area contributed by atoms with E-state index in [9.17, 15) is 19.5 Å². The van der Waals surface area contributed by atoms with Crippen LogP contribution in [-0.4, -0.2) is 67.9 Å². The number of fused-ring (bicyclic) bond motifs is 1. The highest BCUT2D eigenvalue weighted by Gasteiger charge is 2.34. The lowest BCUT2D eigenvalue weighted by atomic mass is 9.84. The minimum Gasteiger partial charge on any atom is -0.505 e. The number of phenolic OH excluding ortho intramolecular Hbond substituents is 1. The average molecular weight is 530 g/mol. The molecule has 0 atom stereocenters. The number of phenols is 1. The number of benzene rings is 2. The third-order valence-electron chi connectivity index (χ3n) is 6.35. The molecule has 1 heterocycles. The fourth-order valence-corrected chi connectivity index (χ4v) is 4.34. The van der Waals surface area contributed by atoms with E-state index in [2.05, 4.69) is 4.74 Å². The van der Waals surface area contributed by atoms with Crippen LogP contribution in [0.4, 0.5) is 10.1 Å². The van der Waals surface area contributed by atoms with Crippen LogP contribution in [0.1, 0.15) is 54.7 Å². The van der Waals surface area contributed by atoms with Gasteiger partial charge in [0.1, 0.15) is 18.1 Å². The van der Waals surface area contributed by atoms with E-state index in [-0.39, 0.29) is 53.0 Å². The molecule has 3 rings (SSSR count). The molecule has 2 aromatic rings. The first-order valence-corrected chi connectivity index (χ1v) is 11.8. The van der Waals surface area contributed by atoms with Gasteiger partial charge in [-0.05, 0) is 29.2 Å². The van der Waals surface area contributed by atoms with Crippen molar-refractivity contribution >= 4 is 29.2 Å². The van der Waals surface area contributed by atoms with E-state index in [0.717, 1.165) is 4.90 Å². The number of Topliss-reactive ketones (excluding diaryl/α,β-unsaturated/α-hetero) is 1. The molecule has 204 valence electrons. The molecule has 0 spiro atoms. The van der Waals surface area contributed by atoms with Crippen molar-refractivity contribution in [3.63, 3.8) is 0 Å². The zero-order chi connectivity index (χ0) is 28.5. The molecule has 0 fully saturated rings. The highest BCUT2D eigenvalue weighted by atomic mass is 19.1. The lowest BCUT2D eigenvalue weighted by molar-refractivity contribution is -0.139. The van der Waals surface area contributed by atoms with Gasteiger partial charge < -0.3 is 24.2 Å². The number of hydrogen-bond donors (Lipinski definition) is 2. The van der Waals surface area contributed by atoms with Gasteiger partial charge in [0.05, 0.1) is 39.1 Å². The molecule has 11 heteroatoms. The van der Waals surface area contributed by atoms with Crippen LogP contribution in [0.5, 0.6) is 17.2 Å². The van der Waals surface area contributed by atoms with Gasteiger partial charge >= 0.3 is 5.97 Å². The van der Waals surface area contributed by atoms with Crippen molar-refractivity contribution in [2.24, 2.45) is 0 Å². The number of halogens is 1. The fraction of sp³-hybridized carbons (Fsp3) is 0.407. The van der Waals surface area contributed by atoms with Crippen molar-refractivity contribution < 1.29 is 38.1 Å². The van der Waals surface area contributed by atoms with Gasteiger partial charge in [0.2, 0.25) is 5.91 Å². The molecule has 1 aliphatic heterocycles. The summed E-state index contributed by atoms with van der Waals surface area (Å²) >= 11 is 0. The molecule has 0 aliphatic carbocycles. The Labute approximate surface area is 220 Å². The van der Waals surface area contributed by atoms with E-state index in [1.54, 1.807) is 6.07 Å². The number of nitrogens with one attached hydrogen (secondary N) is 1. The molecule has 10 nitrogen and oxygen atoms in total. The Balaban J connectivity index is 2.02. The second-order valence-corrected chi connectivity index (χ2v) is 9.91. The van der Waals surface area contributed by atoms with Crippen molar-refractivity contribution in [3.8, 4) is 17.2 Å². The van der Waals surface area contributed by atoms with Gasteiger partial charge in [-0.1, -0.05) is 20.8 Å². The number of ketones is 1. The third-order valence-corrected chi connectivity index (χ3v) is 6.35. The van der Waals surface area contributed by atoms with Crippen LogP contribution in [0.3, 0.4) is 0 Å². The number of nitrogens with zero attached hydrogens (tertiary/aromatic N) is 2. The van der Waals surface area contributed by atoms with Gasteiger partial charge in [-0.2, -0.15) is 0 Å². The smallest absolute Gasteiger partial charge is 0.325 e. The highest BCUT2D eigenvalue weighted by Crippen LogP contribution is 2.41. The highest BCUT2D eigenvalue weighted by molar-refractivity contribution is 6.07. The van der Waals surface area contributed by atoms with Crippen LogP contribution in [0.2, 0.25) is 0 Å². The van der Waals surface area contributed by atoms with E-state index in [1.807, 2.05) is 20.8 Å². The number of carbonyl (C=O) groups excluding carboxylic acids is 3. The summed E-state index contributed by atoms with van der Waals surface area (Å²) in [7, 11) is 3.86.